The molecule has 2 amide bonds. The minimum atomic E-state index is -0.231. The summed E-state index contributed by atoms with van der Waals surface area (Å²) in [6, 6.07) is 5.08. The molecule has 1 saturated heterocycles. The van der Waals surface area contributed by atoms with Gasteiger partial charge in [-0.25, -0.2) is 0 Å². The fourth-order valence-electron chi connectivity index (χ4n) is 2.52. The molecule has 22 heavy (non-hydrogen) atoms. The smallest absolute Gasteiger partial charge is 0.225 e. The number of halogens is 2. The number of hydrogen-bond acceptors (Lipinski definition) is 3. The molecule has 3 N–H and O–H groups in total. The molecule has 1 fully saturated rings. The van der Waals surface area contributed by atoms with Gasteiger partial charge in [-0.1, -0.05) is 29.3 Å². The summed E-state index contributed by atoms with van der Waals surface area (Å²) in [5.41, 5.74) is 5.75. The first-order valence-corrected chi connectivity index (χ1v) is 7.98. The number of carbonyl (C=O) groups is 2. The monoisotopic (exact) mass is 343 g/mol. The minimum Gasteiger partial charge on any atom is -0.369 e. The highest BCUT2D eigenvalue weighted by Crippen LogP contribution is 2.29. The number of rotatable bonds is 5. The van der Waals surface area contributed by atoms with E-state index in [2.05, 4.69) is 10.2 Å². The Morgan fingerprint density at radius 2 is 1.82 bits per heavy atom. The van der Waals surface area contributed by atoms with Gasteiger partial charge in [0.05, 0.1) is 15.7 Å². The fraction of sp³-hybridized carbons (Fsp3) is 0.467. The third-order valence-electron chi connectivity index (χ3n) is 3.87. The van der Waals surface area contributed by atoms with Crippen LogP contribution in [-0.2, 0) is 9.59 Å². The van der Waals surface area contributed by atoms with Crippen LogP contribution in [0.15, 0.2) is 18.2 Å². The maximum absolute atomic E-state index is 12.0. The fourth-order valence-corrected chi connectivity index (χ4v) is 3.01. The molecule has 1 aliphatic heterocycles. The van der Waals surface area contributed by atoms with E-state index in [1.165, 1.54) is 0 Å². The van der Waals surface area contributed by atoms with E-state index < -0.39 is 0 Å². The maximum atomic E-state index is 12.0. The van der Waals surface area contributed by atoms with Crippen molar-refractivity contribution in [1.82, 2.24) is 4.90 Å². The second-order valence-electron chi connectivity index (χ2n) is 5.41. The standard InChI is InChI=1S/C15H19Cl2N3O2/c16-11-2-1-3-12(17)14(11)19-13(21)6-9-20-7-4-10(5-8-20)15(18)22/h1-3,10H,4-9H2,(H2,18,22)(H,19,21). The zero-order valence-corrected chi connectivity index (χ0v) is 13.7. The molecule has 0 atom stereocenters. The van der Waals surface area contributed by atoms with Gasteiger partial charge in [-0.15, -0.1) is 0 Å². The number of primary amides is 1. The molecule has 0 spiro atoms. The van der Waals surface area contributed by atoms with Crippen LogP contribution in [0.1, 0.15) is 19.3 Å². The molecule has 0 radical (unpaired) electrons. The van der Waals surface area contributed by atoms with E-state index in [0.717, 1.165) is 25.9 Å². The first-order chi connectivity index (χ1) is 10.5. The molecule has 1 aromatic rings. The van der Waals surface area contributed by atoms with E-state index in [0.29, 0.717) is 28.7 Å². The third-order valence-corrected chi connectivity index (χ3v) is 4.50. The van der Waals surface area contributed by atoms with E-state index in [-0.39, 0.29) is 17.7 Å². The maximum Gasteiger partial charge on any atom is 0.225 e. The number of anilines is 1. The lowest BCUT2D eigenvalue weighted by Crippen LogP contribution is -2.39. The van der Waals surface area contributed by atoms with Crippen LogP contribution in [-0.4, -0.2) is 36.3 Å². The van der Waals surface area contributed by atoms with Crippen LogP contribution in [0.5, 0.6) is 0 Å². The average Bonchev–Trinajstić information content (AvgIpc) is 2.49. The number of piperidine rings is 1. The lowest BCUT2D eigenvalue weighted by molar-refractivity contribution is -0.123. The summed E-state index contributed by atoms with van der Waals surface area (Å²) in [5.74, 6) is -0.398. The zero-order chi connectivity index (χ0) is 16.1. The molecular weight excluding hydrogens is 325 g/mol. The Hall–Kier alpha value is -1.30. The quantitative estimate of drug-likeness (QED) is 0.862. The van der Waals surface area contributed by atoms with E-state index in [4.69, 9.17) is 28.9 Å². The summed E-state index contributed by atoms with van der Waals surface area (Å²) in [5, 5.41) is 3.58. The van der Waals surface area contributed by atoms with Gasteiger partial charge in [0.15, 0.2) is 0 Å². The van der Waals surface area contributed by atoms with Crippen molar-refractivity contribution >= 4 is 40.7 Å². The first-order valence-electron chi connectivity index (χ1n) is 7.23. The summed E-state index contributed by atoms with van der Waals surface area (Å²) in [6.45, 7) is 2.21. The van der Waals surface area contributed by atoms with Crippen molar-refractivity contribution in [1.29, 1.82) is 0 Å². The number of hydrogen-bond donors (Lipinski definition) is 2. The molecule has 0 aliphatic carbocycles. The average molecular weight is 344 g/mol. The van der Waals surface area contributed by atoms with Crippen LogP contribution in [0.2, 0.25) is 10.0 Å². The van der Waals surface area contributed by atoms with Gasteiger partial charge in [0, 0.05) is 18.9 Å². The van der Waals surface area contributed by atoms with E-state index >= 15 is 0 Å². The van der Waals surface area contributed by atoms with Crippen molar-refractivity contribution < 1.29 is 9.59 Å². The van der Waals surface area contributed by atoms with Gasteiger partial charge in [0.1, 0.15) is 0 Å². The molecule has 2 rings (SSSR count). The normalized spacial score (nSPS) is 16.5. The largest absolute Gasteiger partial charge is 0.369 e. The summed E-state index contributed by atoms with van der Waals surface area (Å²) in [4.78, 5) is 25.3. The Bertz CT molecular complexity index is 537. The SMILES string of the molecule is NC(=O)C1CCN(CCC(=O)Nc2c(Cl)cccc2Cl)CC1. The number of nitrogens with one attached hydrogen (secondary N) is 1. The predicted octanol–water partition coefficient (Wildman–Crippen LogP) is 2.52. The molecule has 0 bridgehead atoms. The van der Waals surface area contributed by atoms with Gasteiger partial charge in [0.2, 0.25) is 11.8 Å². The minimum absolute atomic E-state index is 0.0352. The molecule has 1 aliphatic rings. The second-order valence-corrected chi connectivity index (χ2v) is 6.23. The van der Waals surface area contributed by atoms with Gasteiger partial charge in [-0.2, -0.15) is 0 Å². The van der Waals surface area contributed by atoms with Crippen molar-refractivity contribution in [2.75, 3.05) is 25.0 Å². The van der Waals surface area contributed by atoms with Crippen LogP contribution < -0.4 is 11.1 Å². The highest BCUT2D eigenvalue weighted by atomic mass is 35.5. The molecule has 1 heterocycles. The summed E-state index contributed by atoms with van der Waals surface area (Å²) < 4.78 is 0. The molecule has 0 aromatic heterocycles. The van der Waals surface area contributed by atoms with Crippen molar-refractivity contribution in [3.63, 3.8) is 0 Å². The lowest BCUT2D eigenvalue weighted by Gasteiger charge is -2.30. The Morgan fingerprint density at radius 1 is 1.23 bits per heavy atom. The van der Waals surface area contributed by atoms with Crippen LogP contribution >= 0.6 is 23.2 Å². The lowest BCUT2D eigenvalue weighted by atomic mass is 9.96. The van der Waals surface area contributed by atoms with Gasteiger partial charge >= 0.3 is 0 Å². The number of carbonyl (C=O) groups excluding carboxylic acids is 2. The Balaban J connectivity index is 1.78. The molecule has 120 valence electrons. The number of likely N-dealkylation sites (tertiary alicyclic amines) is 1. The second kappa shape index (κ2) is 7.81. The zero-order valence-electron chi connectivity index (χ0n) is 12.1. The summed E-state index contributed by atoms with van der Waals surface area (Å²) in [6.07, 6.45) is 1.86. The Labute approximate surface area is 139 Å². The summed E-state index contributed by atoms with van der Waals surface area (Å²) in [7, 11) is 0. The van der Waals surface area contributed by atoms with Crippen LogP contribution in [0.25, 0.3) is 0 Å². The Kier molecular flexibility index (Phi) is 6.06. The number of nitrogens with zero attached hydrogens (tertiary/aromatic N) is 1. The topological polar surface area (TPSA) is 75.4 Å². The van der Waals surface area contributed by atoms with Crippen LogP contribution in [0, 0.1) is 5.92 Å². The third kappa shape index (κ3) is 4.60. The first kappa shape index (κ1) is 17.1. The van der Waals surface area contributed by atoms with Crippen molar-refractivity contribution in [2.45, 2.75) is 19.3 Å². The van der Waals surface area contributed by atoms with Crippen molar-refractivity contribution in [3.8, 4) is 0 Å². The molecule has 0 unspecified atom stereocenters. The number of nitrogens with two attached hydrogens (primary N) is 1. The van der Waals surface area contributed by atoms with Crippen LogP contribution in [0.3, 0.4) is 0 Å². The predicted molar refractivity (Wildman–Crippen MR) is 88.1 cm³/mol. The molecule has 0 saturated carbocycles. The van der Waals surface area contributed by atoms with E-state index in [1.54, 1.807) is 18.2 Å². The molecule has 7 heteroatoms. The van der Waals surface area contributed by atoms with Crippen LogP contribution in [0.4, 0.5) is 5.69 Å². The highest BCUT2D eigenvalue weighted by molar-refractivity contribution is 6.39. The van der Waals surface area contributed by atoms with Gasteiger partial charge in [0.25, 0.3) is 0 Å². The van der Waals surface area contributed by atoms with Crippen molar-refractivity contribution in [2.24, 2.45) is 11.7 Å². The molecule has 1 aromatic carbocycles. The summed E-state index contributed by atoms with van der Waals surface area (Å²) >= 11 is 12.0. The van der Waals surface area contributed by atoms with Gasteiger partial charge in [-0.05, 0) is 38.1 Å². The number of para-hydroxylation sites is 1. The number of amides is 2. The molecule has 5 nitrogen and oxygen atoms in total. The number of benzene rings is 1. The van der Waals surface area contributed by atoms with E-state index in [1.807, 2.05) is 0 Å². The molecular formula is C15H19Cl2N3O2. The van der Waals surface area contributed by atoms with Gasteiger partial charge in [-0.3, -0.25) is 9.59 Å². The Morgan fingerprint density at radius 3 is 2.36 bits per heavy atom. The van der Waals surface area contributed by atoms with Gasteiger partial charge < -0.3 is 16.0 Å². The van der Waals surface area contributed by atoms with Crippen molar-refractivity contribution in [3.05, 3.63) is 28.2 Å². The van der Waals surface area contributed by atoms with E-state index in [9.17, 15) is 9.59 Å². The highest BCUT2D eigenvalue weighted by Gasteiger charge is 2.23.